The first-order valence-corrected chi connectivity index (χ1v) is 6.45. The van der Waals surface area contributed by atoms with Crippen molar-refractivity contribution in [1.82, 2.24) is 15.1 Å². The van der Waals surface area contributed by atoms with Crippen LogP contribution >= 0.6 is 0 Å². The highest BCUT2D eigenvalue weighted by atomic mass is 16.2. The average molecular weight is 271 g/mol. The van der Waals surface area contributed by atoms with E-state index < -0.39 is 12.1 Å². The number of hydrogen-bond donors (Lipinski definition) is 1. The highest BCUT2D eigenvalue weighted by Crippen LogP contribution is 2.07. The molecule has 0 saturated heterocycles. The number of nitrogens with one attached hydrogen (secondary N) is 1. The molecule has 0 rings (SSSR count). The zero-order chi connectivity index (χ0) is 15.2. The first-order chi connectivity index (χ1) is 8.76. The van der Waals surface area contributed by atoms with Crippen molar-refractivity contribution in [3.05, 3.63) is 0 Å². The van der Waals surface area contributed by atoms with Gasteiger partial charge in [0, 0.05) is 7.05 Å². The molecule has 0 aliphatic carbocycles. The number of aldehydes is 1. The number of carbonyl (C=O) groups is 3. The molecule has 0 aromatic carbocycles. The molecule has 0 fully saturated rings. The van der Waals surface area contributed by atoms with Gasteiger partial charge in [-0.1, -0.05) is 6.92 Å². The van der Waals surface area contributed by atoms with Gasteiger partial charge in [0.15, 0.2) is 0 Å². The van der Waals surface area contributed by atoms with Crippen molar-refractivity contribution in [2.45, 2.75) is 45.3 Å². The Hall–Kier alpha value is -1.43. The van der Waals surface area contributed by atoms with Crippen molar-refractivity contribution in [2.24, 2.45) is 0 Å². The Morgan fingerprint density at radius 2 is 1.74 bits per heavy atom. The molecule has 6 heteroatoms. The van der Waals surface area contributed by atoms with Gasteiger partial charge in [-0.15, -0.1) is 0 Å². The molecule has 0 aromatic rings. The molecule has 0 radical (unpaired) electrons. The first kappa shape index (κ1) is 17.6. The minimum atomic E-state index is -0.608. The summed E-state index contributed by atoms with van der Waals surface area (Å²) in [5.74, 6) is -0.432. The maximum absolute atomic E-state index is 12.3. The zero-order valence-electron chi connectivity index (χ0n) is 12.6. The SMILES string of the molecule is CCC(C(=O)N(C)C(C)C(=O)NC(C)C=O)N(C)C. The van der Waals surface area contributed by atoms with E-state index >= 15 is 0 Å². The molecule has 19 heavy (non-hydrogen) atoms. The molecule has 0 aromatic heterocycles. The largest absolute Gasteiger partial charge is 0.345 e. The third-order valence-electron chi connectivity index (χ3n) is 3.18. The fourth-order valence-corrected chi connectivity index (χ4v) is 1.74. The molecule has 0 aliphatic rings. The van der Waals surface area contributed by atoms with Crippen molar-refractivity contribution < 1.29 is 14.4 Å². The van der Waals surface area contributed by atoms with Gasteiger partial charge in [-0.25, -0.2) is 0 Å². The Balaban J connectivity index is 4.71. The normalized spacial score (nSPS) is 15.5. The molecule has 110 valence electrons. The van der Waals surface area contributed by atoms with Crippen LogP contribution in [-0.2, 0) is 14.4 Å². The van der Waals surface area contributed by atoms with Gasteiger partial charge in [0.25, 0.3) is 0 Å². The van der Waals surface area contributed by atoms with E-state index in [0.29, 0.717) is 12.7 Å². The van der Waals surface area contributed by atoms with Crippen LogP contribution < -0.4 is 5.32 Å². The summed E-state index contributed by atoms with van der Waals surface area (Å²) in [6.45, 7) is 5.16. The smallest absolute Gasteiger partial charge is 0.243 e. The molecule has 3 unspecified atom stereocenters. The van der Waals surface area contributed by atoms with E-state index in [-0.39, 0.29) is 17.9 Å². The molecular weight excluding hydrogens is 246 g/mol. The Morgan fingerprint density at radius 3 is 2.11 bits per heavy atom. The molecule has 1 N–H and O–H groups in total. The summed E-state index contributed by atoms with van der Waals surface area (Å²) < 4.78 is 0. The molecule has 2 amide bonds. The summed E-state index contributed by atoms with van der Waals surface area (Å²) in [6.07, 6.45) is 1.33. The van der Waals surface area contributed by atoms with Gasteiger partial charge in [0.2, 0.25) is 11.8 Å². The standard InChI is InChI=1S/C13H25N3O3/c1-7-11(15(4)5)13(19)16(6)10(3)12(18)14-9(2)8-17/h8-11H,7H2,1-6H3,(H,14,18). The van der Waals surface area contributed by atoms with Gasteiger partial charge < -0.3 is 15.0 Å². The summed E-state index contributed by atoms with van der Waals surface area (Å²) in [7, 11) is 5.27. The lowest BCUT2D eigenvalue weighted by atomic mass is 10.1. The Labute approximate surface area is 115 Å². The van der Waals surface area contributed by atoms with Crippen LogP contribution in [0.1, 0.15) is 27.2 Å². The van der Waals surface area contributed by atoms with Crippen LogP contribution in [0.4, 0.5) is 0 Å². The van der Waals surface area contributed by atoms with Crippen molar-refractivity contribution in [2.75, 3.05) is 21.1 Å². The summed E-state index contributed by atoms with van der Waals surface area (Å²) in [6, 6.07) is -1.40. The fraction of sp³-hybridized carbons (Fsp3) is 0.769. The number of amides is 2. The molecule has 6 nitrogen and oxygen atoms in total. The van der Waals surface area contributed by atoms with E-state index in [1.807, 2.05) is 25.9 Å². The third-order valence-corrected chi connectivity index (χ3v) is 3.18. The minimum absolute atomic E-state index is 0.103. The summed E-state index contributed by atoms with van der Waals surface area (Å²) in [5.41, 5.74) is 0. The van der Waals surface area contributed by atoms with Gasteiger partial charge in [-0.2, -0.15) is 0 Å². The Bertz CT molecular complexity index is 331. The second kappa shape index (κ2) is 7.89. The summed E-state index contributed by atoms with van der Waals surface area (Å²) in [4.78, 5) is 37.9. The topological polar surface area (TPSA) is 69.7 Å². The summed E-state index contributed by atoms with van der Waals surface area (Å²) >= 11 is 0. The number of carbonyl (C=O) groups excluding carboxylic acids is 3. The van der Waals surface area contributed by atoms with E-state index in [1.54, 1.807) is 20.9 Å². The molecule has 0 heterocycles. The lowest BCUT2D eigenvalue weighted by Gasteiger charge is -2.31. The van der Waals surface area contributed by atoms with Crippen molar-refractivity contribution in [3.63, 3.8) is 0 Å². The van der Waals surface area contributed by atoms with Gasteiger partial charge >= 0.3 is 0 Å². The van der Waals surface area contributed by atoms with Crippen molar-refractivity contribution in [3.8, 4) is 0 Å². The Morgan fingerprint density at radius 1 is 1.21 bits per heavy atom. The van der Waals surface area contributed by atoms with E-state index in [9.17, 15) is 14.4 Å². The molecular formula is C13H25N3O3. The van der Waals surface area contributed by atoms with Crippen molar-refractivity contribution in [1.29, 1.82) is 0 Å². The molecule has 0 bridgehead atoms. The maximum Gasteiger partial charge on any atom is 0.243 e. The van der Waals surface area contributed by atoms with Crippen LogP contribution in [0.15, 0.2) is 0 Å². The van der Waals surface area contributed by atoms with Gasteiger partial charge in [-0.05, 0) is 34.4 Å². The van der Waals surface area contributed by atoms with E-state index in [1.165, 1.54) is 4.90 Å². The molecule has 3 atom stereocenters. The molecule has 0 aliphatic heterocycles. The second-order valence-corrected chi connectivity index (χ2v) is 4.95. The van der Waals surface area contributed by atoms with Crippen molar-refractivity contribution >= 4 is 18.1 Å². The zero-order valence-corrected chi connectivity index (χ0v) is 12.6. The van der Waals surface area contributed by atoms with Gasteiger partial charge in [0.1, 0.15) is 12.3 Å². The number of likely N-dealkylation sites (N-methyl/N-ethyl adjacent to an activating group) is 2. The van der Waals surface area contributed by atoms with Crippen LogP contribution in [0.25, 0.3) is 0 Å². The molecule has 0 spiro atoms. The molecule has 0 saturated carbocycles. The van der Waals surface area contributed by atoms with Crippen LogP contribution in [0.3, 0.4) is 0 Å². The van der Waals surface area contributed by atoms with E-state index in [2.05, 4.69) is 5.32 Å². The van der Waals surface area contributed by atoms with Gasteiger partial charge in [0.05, 0.1) is 12.1 Å². The lowest BCUT2D eigenvalue weighted by Crippen LogP contribution is -2.53. The Kier molecular flexibility index (Phi) is 7.29. The fourth-order valence-electron chi connectivity index (χ4n) is 1.74. The predicted octanol–water partition coefficient (Wildman–Crippen LogP) is -0.123. The highest BCUT2D eigenvalue weighted by molar-refractivity contribution is 5.90. The van der Waals surface area contributed by atoms with Crippen LogP contribution in [0.2, 0.25) is 0 Å². The first-order valence-electron chi connectivity index (χ1n) is 6.45. The monoisotopic (exact) mass is 271 g/mol. The van der Waals surface area contributed by atoms with Crippen LogP contribution in [0.5, 0.6) is 0 Å². The summed E-state index contributed by atoms with van der Waals surface area (Å²) in [5, 5.41) is 2.54. The third kappa shape index (κ3) is 4.98. The quantitative estimate of drug-likeness (QED) is 0.655. The van der Waals surface area contributed by atoms with Gasteiger partial charge in [-0.3, -0.25) is 14.5 Å². The van der Waals surface area contributed by atoms with E-state index in [0.717, 1.165) is 0 Å². The number of hydrogen-bond acceptors (Lipinski definition) is 4. The predicted molar refractivity (Wildman–Crippen MR) is 73.7 cm³/mol. The average Bonchev–Trinajstić information content (AvgIpc) is 2.36. The number of rotatable bonds is 7. The van der Waals surface area contributed by atoms with Crippen LogP contribution in [0, 0.1) is 0 Å². The highest BCUT2D eigenvalue weighted by Gasteiger charge is 2.28. The number of nitrogens with zero attached hydrogens (tertiary/aromatic N) is 2. The minimum Gasteiger partial charge on any atom is -0.345 e. The van der Waals surface area contributed by atoms with E-state index in [4.69, 9.17) is 0 Å². The second-order valence-electron chi connectivity index (χ2n) is 4.95. The van der Waals surface area contributed by atoms with Crippen LogP contribution in [-0.4, -0.2) is 67.2 Å². The lowest BCUT2D eigenvalue weighted by molar-refractivity contribution is -0.142. The maximum atomic E-state index is 12.3.